The maximum Gasteiger partial charge on any atom is 0.337 e. The molecular formula is C21H25ClN2O4S. The van der Waals surface area contributed by atoms with E-state index in [-0.39, 0.29) is 10.9 Å². The number of hydrogen-bond donors (Lipinski definition) is 1. The summed E-state index contributed by atoms with van der Waals surface area (Å²) in [6, 6.07) is 13.6. The molecule has 156 valence electrons. The highest BCUT2D eigenvalue weighted by Gasteiger charge is 2.22. The van der Waals surface area contributed by atoms with Gasteiger partial charge in [0.05, 0.1) is 17.6 Å². The largest absolute Gasteiger partial charge is 0.465 e. The molecule has 0 saturated carbocycles. The molecule has 0 bridgehead atoms. The smallest absolute Gasteiger partial charge is 0.337 e. The van der Waals surface area contributed by atoms with Gasteiger partial charge in [0, 0.05) is 18.1 Å². The first-order valence-electron chi connectivity index (χ1n) is 9.52. The van der Waals surface area contributed by atoms with E-state index in [4.69, 9.17) is 16.3 Å². The van der Waals surface area contributed by atoms with Crippen LogP contribution in [0.25, 0.3) is 0 Å². The molecule has 1 N–H and O–H groups in total. The number of methoxy groups -OCH3 is 1. The number of benzene rings is 2. The van der Waals surface area contributed by atoms with Crippen molar-refractivity contribution < 1.29 is 17.9 Å². The van der Waals surface area contributed by atoms with E-state index >= 15 is 0 Å². The number of rotatable bonds is 7. The lowest BCUT2D eigenvalue weighted by Crippen LogP contribution is -2.38. The fourth-order valence-electron chi connectivity index (χ4n) is 3.40. The van der Waals surface area contributed by atoms with Crippen LogP contribution in [0, 0.1) is 5.92 Å². The van der Waals surface area contributed by atoms with Crippen LogP contribution in [-0.4, -0.2) is 46.0 Å². The van der Waals surface area contributed by atoms with Gasteiger partial charge in [-0.05, 0) is 73.8 Å². The number of sulfonamides is 1. The fourth-order valence-corrected chi connectivity index (χ4v) is 4.64. The minimum absolute atomic E-state index is 0.231. The van der Waals surface area contributed by atoms with E-state index in [1.165, 1.54) is 19.2 Å². The quantitative estimate of drug-likeness (QED) is 0.674. The minimum Gasteiger partial charge on any atom is -0.465 e. The first-order valence-corrected chi connectivity index (χ1v) is 11.4. The normalized spacial score (nSPS) is 15.9. The zero-order chi connectivity index (χ0) is 20.9. The van der Waals surface area contributed by atoms with Crippen LogP contribution < -0.4 is 4.72 Å². The molecule has 0 aromatic heterocycles. The number of hydrogen-bond acceptors (Lipinski definition) is 5. The molecule has 3 rings (SSSR count). The van der Waals surface area contributed by atoms with Crippen molar-refractivity contribution >= 4 is 27.6 Å². The number of nitrogens with one attached hydrogen (secondary N) is 1. The Hall–Kier alpha value is -1.93. The summed E-state index contributed by atoms with van der Waals surface area (Å²) in [6.07, 6.45) is 1.87. The maximum absolute atomic E-state index is 12.4. The van der Waals surface area contributed by atoms with E-state index in [9.17, 15) is 13.2 Å². The molecule has 8 heteroatoms. The van der Waals surface area contributed by atoms with Crippen molar-refractivity contribution in [3.05, 3.63) is 64.7 Å². The lowest BCUT2D eigenvalue weighted by Gasteiger charge is -2.32. The standard InChI is InChI=1S/C21H25ClN2O4S/c1-28-21(25)18-4-2-17(3-5-18)15-24-12-10-16(11-13-24)14-23-29(26,27)20-8-6-19(22)7-9-20/h2-9,16,23H,10-15H2,1H3. The Morgan fingerprint density at radius 1 is 1.10 bits per heavy atom. The molecule has 29 heavy (non-hydrogen) atoms. The Morgan fingerprint density at radius 3 is 2.31 bits per heavy atom. The molecule has 0 amide bonds. The number of nitrogens with zero attached hydrogens (tertiary/aromatic N) is 1. The second-order valence-corrected chi connectivity index (χ2v) is 9.42. The molecular weight excluding hydrogens is 412 g/mol. The third-order valence-electron chi connectivity index (χ3n) is 5.17. The van der Waals surface area contributed by atoms with Gasteiger partial charge in [-0.3, -0.25) is 4.90 Å². The van der Waals surface area contributed by atoms with Crippen molar-refractivity contribution in [3.8, 4) is 0 Å². The number of carbonyl (C=O) groups excluding carboxylic acids is 1. The molecule has 1 aliphatic heterocycles. The lowest BCUT2D eigenvalue weighted by atomic mass is 9.97. The first-order chi connectivity index (χ1) is 13.9. The summed E-state index contributed by atoms with van der Waals surface area (Å²) >= 11 is 5.82. The second-order valence-electron chi connectivity index (χ2n) is 7.21. The summed E-state index contributed by atoms with van der Waals surface area (Å²) in [5.74, 6) is -0.0200. The van der Waals surface area contributed by atoms with E-state index in [0.717, 1.165) is 38.0 Å². The summed E-state index contributed by atoms with van der Waals surface area (Å²) in [4.78, 5) is 14.1. The minimum atomic E-state index is -3.51. The van der Waals surface area contributed by atoms with E-state index in [1.807, 2.05) is 12.1 Å². The molecule has 2 aromatic rings. The molecule has 0 unspecified atom stereocenters. The van der Waals surface area contributed by atoms with Gasteiger partial charge >= 0.3 is 5.97 Å². The lowest BCUT2D eigenvalue weighted by molar-refractivity contribution is 0.0600. The van der Waals surface area contributed by atoms with E-state index in [1.54, 1.807) is 24.3 Å². The highest BCUT2D eigenvalue weighted by atomic mass is 35.5. The zero-order valence-electron chi connectivity index (χ0n) is 16.3. The summed E-state index contributed by atoms with van der Waals surface area (Å²) in [6.45, 7) is 3.06. The van der Waals surface area contributed by atoms with Crippen molar-refractivity contribution in [3.63, 3.8) is 0 Å². The average molecular weight is 437 g/mol. The van der Waals surface area contributed by atoms with Gasteiger partial charge in [0.1, 0.15) is 0 Å². The Morgan fingerprint density at radius 2 is 1.72 bits per heavy atom. The van der Waals surface area contributed by atoms with Crippen molar-refractivity contribution in [1.29, 1.82) is 0 Å². The maximum atomic E-state index is 12.4. The third kappa shape index (κ3) is 6.02. The van der Waals surface area contributed by atoms with E-state index in [2.05, 4.69) is 9.62 Å². The van der Waals surface area contributed by atoms with Crippen LogP contribution in [0.4, 0.5) is 0 Å². The number of esters is 1. The predicted octanol–water partition coefficient (Wildman–Crippen LogP) is 3.32. The summed E-state index contributed by atoms with van der Waals surface area (Å²) in [5, 5.41) is 0.510. The topological polar surface area (TPSA) is 75.7 Å². The van der Waals surface area contributed by atoms with Crippen LogP contribution in [-0.2, 0) is 21.3 Å². The number of halogens is 1. The SMILES string of the molecule is COC(=O)c1ccc(CN2CCC(CNS(=O)(=O)c3ccc(Cl)cc3)CC2)cc1. The summed E-state index contributed by atoms with van der Waals surface area (Å²) in [5.41, 5.74) is 1.68. The van der Waals surface area contributed by atoms with Crippen molar-refractivity contribution in [2.45, 2.75) is 24.3 Å². The number of piperidine rings is 1. The molecule has 0 atom stereocenters. The van der Waals surface area contributed by atoms with Gasteiger partial charge in [-0.15, -0.1) is 0 Å². The fraction of sp³-hybridized carbons (Fsp3) is 0.381. The van der Waals surface area contributed by atoms with Gasteiger partial charge < -0.3 is 4.74 Å². The second kappa shape index (κ2) is 9.71. The zero-order valence-corrected chi connectivity index (χ0v) is 17.9. The van der Waals surface area contributed by atoms with Gasteiger partial charge in [-0.25, -0.2) is 17.9 Å². The molecule has 6 nitrogen and oxygen atoms in total. The molecule has 1 saturated heterocycles. The number of ether oxygens (including phenoxy) is 1. The van der Waals surface area contributed by atoms with E-state index < -0.39 is 10.0 Å². The average Bonchev–Trinajstić information content (AvgIpc) is 2.73. The Bertz CT molecular complexity index is 922. The molecule has 2 aromatic carbocycles. The first kappa shape index (κ1) is 21.8. The predicted molar refractivity (Wildman–Crippen MR) is 112 cm³/mol. The van der Waals surface area contributed by atoms with Crippen molar-refractivity contribution in [2.24, 2.45) is 5.92 Å². The van der Waals surface area contributed by atoms with Crippen LogP contribution in [0.1, 0.15) is 28.8 Å². The Labute approximate surface area is 176 Å². The van der Waals surface area contributed by atoms with Gasteiger partial charge in [-0.2, -0.15) is 0 Å². The van der Waals surface area contributed by atoms with Crippen LogP contribution in [0.15, 0.2) is 53.4 Å². The Balaban J connectivity index is 1.45. The van der Waals surface area contributed by atoms with Crippen molar-refractivity contribution in [2.75, 3.05) is 26.7 Å². The van der Waals surface area contributed by atoms with Crippen LogP contribution in [0.2, 0.25) is 5.02 Å². The molecule has 1 aliphatic rings. The monoisotopic (exact) mass is 436 g/mol. The highest BCUT2D eigenvalue weighted by Crippen LogP contribution is 2.20. The number of carbonyl (C=O) groups is 1. The van der Waals surface area contributed by atoms with Crippen LogP contribution in [0.5, 0.6) is 0 Å². The molecule has 0 spiro atoms. The summed E-state index contributed by atoms with van der Waals surface area (Å²) < 4.78 is 32.2. The third-order valence-corrected chi connectivity index (χ3v) is 6.87. The van der Waals surface area contributed by atoms with Crippen LogP contribution >= 0.6 is 11.6 Å². The van der Waals surface area contributed by atoms with Crippen LogP contribution in [0.3, 0.4) is 0 Å². The number of likely N-dealkylation sites (tertiary alicyclic amines) is 1. The molecule has 0 radical (unpaired) electrons. The van der Waals surface area contributed by atoms with Crippen molar-refractivity contribution in [1.82, 2.24) is 9.62 Å². The van der Waals surface area contributed by atoms with Gasteiger partial charge in [0.2, 0.25) is 10.0 Å². The van der Waals surface area contributed by atoms with E-state index in [0.29, 0.717) is 23.0 Å². The molecule has 1 fully saturated rings. The van der Waals surface area contributed by atoms with Gasteiger partial charge in [0.15, 0.2) is 0 Å². The highest BCUT2D eigenvalue weighted by molar-refractivity contribution is 7.89. The summed E-state index contributed by atoms with van der Waals surface area (Å²) in [7, 11) is -2.14. The molecule has 1 heterocycles. The molecule has 0 aliphatic carbocycles. The Kier molecular flexibility index (Phi) is 7.29. The van der Waals surface area contributed by atoms with Gasteiger partial charge in [-0.1, -0.05) is 23.7 Å². The van der Waals surface area contributed by atoms with Gasteiger partial charge in [0.25, 0.3) is 0 Å².